The highest BCUT2D eigenvalue weighted by atomic mass is 35.5. The Balaban J connectivity index is 2.12. The Morgan fingerprint density at radius 1 is 1.20 bits per heavy atom. The van der Waals surface area contributed by atoms with E-state index in [1.54, 1.807) is 41.3 Å². The molecule has 7 heteroatoms. The minimum absolute atomic E-state index is 0.321. The Hall–Kier alpha value is -2.60. The molecule has 4 aromatic rings. The van der Waals surface area contributed by atoms with Crippen molar-refractivity contribution in [2.45, 2.75) is 0 Å². The number of hydrogen-bond acceptors (Lipinski definition) is 5. The smallest absolute Gasteiger partial charge is 0.199 e. The molecule has 0 aliphatic rings. The molecule has 0 saturated heterocycles. The van der Waals surface area contributed by atoms with Crippen LogP contribution in [-0.2, 0) is 0 Å². The average molecular weight is 286 g/mol. The van der Waals surface area contributed by atoms with E-state index >= 15 is 0 Å². The molecule has 0 bridgehead atoms. The molecule has 0 saturated carbocycles. The van der Waals surface area contributed by atoms with Gasteiger partial charge in [0, 0.05) is 5.02 Å². The molecule has 0 unspecified atom stereocenters. The number of nitrogen functional groups attached to an aromatic ring is 1. The van der Waals surface area contributed by atoms with Crippen molar-refractivity contribution in [2.75, 3.05) is 5.73 Å². The van der Waals surface area contributed by atoms with E-state index in [9.17, 15) is 0 Å². The monoisotopic (exact) mass is 285 g/mol. The lowest BCUT2D eigenvalue weighted by atomic mass is 10.3. The number of furan rings is 1. The molecule has 0 radical (unpaired) electrons. The van der Waals surface area contributed by atoms with Crippen LogP contribution in [-0.4, -0.2) is 19.6 Å². The van der Waals surface area contributed by atoms with Crippen LogP contribution in [0.25, 0.3) is 28.1 Å². The highest BCUT2D eigenvalue weighted by Gasteiger charge is 2.13. The number of hydrogen-bond donors (Lipinski definition) is 1. The Kier molecular flexibility index (Phi) is 2.22. The van der Waals surface area contributed by atoms with Gasteiger partial charge in [0.15, 0.2) is 17.3 Å². The van der Waals surface area contributed by atoms with Crippen LogP contribution in [0.15, 0.2) is 41.2 Å². The topological polar surface area (TPSA) is 82.2 Å². The zero-order chi connectivity index (χ0) is 13.7. The number of fused-ring (bicyclic) bond motifs is 3. The van der Waals surface area contributed by atoms with E-state index in [0.717, 1.165) is 11.1 Å². The van der Waals surface area contributed by atoms with Crippen LogP contribution in [0.1, 0.15) is 0 Å². The second-order valence-electron chi connectivity index (χ2n) is 4.31. The van der Waals surface area contributed by atoms with Crippen molar-refractivity contribution in [3.8, 4) is 11.4 Å². The summed E-state index contributed by atoms with van der Waals surface area (Å²) in [6.45, 7) is 0. The Morgan fingerprint density at radius 2 is 2.10 bits per heavy atom. The second kappa shape index (κ2) is 3.94. The molecule has 1 aromatic carbocycles. The normalized spacial score (nSPS) is 11.4. The maximum absolute atomic E-state index is 6.03. The first kappa shape index (κ1) is 11.2. The fraction of sp³-hybridized carbons (Fsp3) is 0. The molecule has 4 rings (SSSR count). The summed E-state index contributed by atoms with van der Waals surface area (Å²) in [5.41, 5.74) is 8.68. The first-order valence-electron chi connectivity index (χ1n) is 5.86. The predicted octanol–water partition coefficient (Wildman–Crippen LogP) is 2.77. The lowest BCUT2D eigenvalue weighted by Gasteiger charge is -2.02. The molecular formula is C13H8ClN5O. The van der Waals surface area contributed by atoms with Gasteiger partial charge in [-0.25, -0.2) is 14.5 Å². The van der Waals surface area contributed by atoms with Crippen LogP contribution in [0.4, 0.5) is 5.82 Å². The SMILES string of the molecule is Nc1nc2ccc(Cl)cc2n2nc(-c3ccoc3)nc12. The predicted molar refractivity (Wildman–Crippen MR) is 75.4 cm³/mol. The summed E-state index contributed by atoms with van der Waals surface area (Å²) >= 11 is 6.03. The maximum Gasteiger partial charge on any atom is 0.199 e. The summed E-state index contributed by atoms with van der Waals surface area (Å²) in [4.78, 5) is 8.71. The summed E-state index contributed by atoms with van der Waals surface area (Å²) in [5, 5.41) is 5.05. The van der Waals surface area contributed by atoms with Gasteiger partial charge in [-0.15, -0.1) is 5.10 Å². The molecule has 0 atom stereocenters. The second-order valence-corrected chi connectivity index (χ2v) is 4.75. The van der Waals surface area contributed by atoms with Gasteiger partial charge in [0.2, 0.25) is 0 Å². The molecule has 0 spiro atoms. The third kappa shape index (κ3) is 1.55. The van der Waals surface area contributed by atoms with Crippen LogP contribution in [0.2, 0.25) is 5.02 Å². The van der Waals surface area contributed by atoms with Crippen LogP contribution in [0, 0.1) is 0 Å². The summed E-state index contributed by atoms with van der Waals surface area (Å²) in [6, 6.07) is 7.13. The molecule has 6 nitrogen and oxygen atoms in total. The van der Waals surface area contributed by atoms with Gasteiger partial charge in [-0.1, -0.05) is 11.6 Å². The van der Waals surface area contributed by atoms with Crippen molar-refractivity contribution in [3.63, 3.8) is 0 Å². The van der Waals surface area contributed by atoms with E-state index in [4.69, 9.17) is 21.8 Å². The molecule has 3 heterocycles. The van der Waals surface area contributed by atoms with Crippen LogP contribution < -0.4 is 5.73 Å². The van der Waals surface area contributed by atoms with Crippen molar-refractivity contribution in [3.05, 3.63) is 41.8 Å². The van der Waals surface area contributed by atoms with Gasteiger partial charge in [-0.2, -0.15) is 0 Å². The number of aromatic nitrogens is 4. The molecule has 0 aliphatic carbocycles. The Morgan fingerprint density at radius 3 is 2.90 bits per heavy atom. The van der Waals surface area contributed by atoms with E-state index in [1.807, 2.05) is 0 Å². The lowest BCUT2D eigenvalue weighted by molar-refractivity contribution is 0.568. The quantitative estimate of drug-likeness (QED) is 0.581. The zero-order valence-electron chi connectivity index (χ0n) is 10.1. The van der Waals surface area contributed by atoms with Crippen molar-refractivity contribution < 1.29 is 4.42 Å². The maximum atomic E-state index is 6.03. The summed E-state index contributed by atoms with van der Waals surface area (Å²) < 4.78 is 6.69. The molecule has 20 heavy (non-hydrogen) atoms. The van der Waals surface area contributed by atoms with Gasteiger partial charge in [0.1, 0.15) is 6.26 Å². The minimum atomic E-state index is 0.321. The summed E-state index contributed by atoms with van der Waals surface area (Å²) in [7, 11) is 0. The summed E-state index contributed by atoms with van der Waals surface area (Å²) in [5.74, 6) is 0.849. The third-order valence-corrected chi connectivity index (χ3v) is 3.26. The largest absolute Gasteiger partial charge is 0.472 e. The highest BCUT2D eigenvalue weighted by molar-refractivity contribution is 6.31. The van der Waals surface area contributed by atoms with Crippen molar-refractivity contribution in [1.82, 2.24) is 19.6 Å². The average Bonchev–Trinajstić information content (AvgIpc) is 3.08. The van der Waals surface area contributed by atoms with E-state index in [0.29, 0.717) is 27.8 Å². The fourth-order valence-electron chi connectivity index (χ4n) is 2.10. The number of anilines is 1. The molecule has 0 fully saturated rings. The van der Waals surface area contributed by atoms with Crippen molar-refractivity contribution in [2.24, 2.45) is 0 Å². The molecule has 0 amide bonds. The third-order valence-electron chi connectivity index (χ3n) is 3.02. The van der Waals surface area contributed by atoms with Crippen LogP contribution >= 0.6 is 11.6 Å². The van der Waals surface area contributed by atoms with Gasteiger partial charge in [-0.3, -0.25) is 0 Å². The van der Waals surface area contributed by atoms with Gasteiger partial charge >= 0.3 is 0 Å². The minimum Gasteiger partial charge on any atom is -0.472 e. The van der Waals surface area contributed by atoms with Gasteiger partial charge in [0.05, 0.1) is 22.9 Å². The van der Waals surface area contributed by atoms with E-state index < -0.39 is 0 Å². The van der Waals surface area contributed by atoms with Crippen molar-refractivity contribution in [1.29, 1.82) is 0 Å². The van der Waals surface area contributed by atoms with Crippen molar-refractivity contribution >= 4 is 34.1 Å². The number of nitrogens with two attached hydrogens (primary N) is 1. The highest BCUT2D eigenvalue weighted by Crippen LogP contribution is 2.24. The molecule has 0 aliphatic heterocycles. The number of nitrogens with zero attached hydrogens (tertiary/aromatic N) is 4. The lowest BCUT2D eigenvalue weighted by Crippen LogP contribution is -1.99. The number of benzene rings is 1. The van der Waals surface area contributed by atoms with E-state index in [-0.39, 0.29) is 0 Å². The molecule has 3 aromatic heterocycles. The Labute approximate surface area is 117 Å². The Bertz CT molecular complexity index is 929. The number of halogens is 1. The van der Waals surface area contributed by atoms with Gasteiger partial charge in [-0.05, 0) is 24.3 Å². The summed E-state index contributed by atoms with van der Waals surface area (Å²) in [6.07, 6.45) is 3.14. The van der Waals surface area contributed by atoms with Crippen LogP contribution in [0.3, 0.4) is 0 Å². The molecular weight excluding hydrogens is 278 g/mol. The fourth-order valence-corrected chi connectivity index (χ4v) is 2.27. The van der Waals surface area contributed by atoms with E-state index in [1.165, 1.54) is 0 Å². The van der Waals surface area contributed by atoms with E-state index in [2.05, 4.69) is 15.1 Å². The van der Waals surface area contributed by atoms with Gasteiger partial charge in [0.25, 0.3) is 0 Å². The molecule has 98 valence electrons. The first-order chi connectivity index (χ1) is 9.72. The zero-order valence-corrected chi connectivity index (χ0v) is 10.9. The van der Waals surface area contributed by atoms with Gasteiger partial charge < -0.3 is 10.2 Å². The standard InChI is InChI=1S/C13H8ClN5O/c14-8-1-2-9-10(5-8)19-13(11(15)16-9)17-12(18-19)7-3-4-20-6-7/h1-6H,(H2,15,16). The van der Waals surface area contributed by atoms with Crippen LogP contribution in [0.5, 0.6) is 0 Å². The number of rotatable bonds is 1. The first-order valence-corrected chi connectivity index (χ1v) is 6.24. The molecule has 2 N–H and O–H groups in total.